The van der Waals surface area contributed by atoms with Crippen molar-refractivity contribution in [3.63, 3.8) is 0 Å². The molecule has 1 aliphatic rings. The first-order valence-electron chi connectivity index (χ1n) is 9.16. The number of nitrogens with one attached hydrogen (secondary N) is 3. The second-order valence-corrected chi connectivity index (χ2v) is 6.49. The Labute approximate surface area is 167 Å². The number of aromatic amines is 1. The van der Waals surface area contributed by atoms with Gasteiger partial charge in [-0.3, -0.25) is 14.5 Å². The highest BCUT2D eigenvalue weighted by Gasteiger charge is 2.21. The zero-order valence-corrected chi connectivity index (χ0v) is 15.5. The summed E-state index contributed by atoms with van der Waals surface area (Å²) in [5.41, 5.74) is 2.71. The molecule has 3 amide bonds. The van der Waals surface area contributed by atoms with Gasteiger partial charge in [0.25, 0.3) is 11.7 Å². The van der Waals surface area contributed by atoms with Crippen molar-refractivity contribution in [2.75, 3.05) is 24.5 Å². The lowest BCUT2D eigenvalue weighted by molar-refractivity contribution is -0.116. The summed E-state index contributed by atoms with van der Waals surface area (Å²) in [5.74, 6) is 4.47. The Kier molecular flexibility index (Phi) is 4.99. The number of hydrogen-bond donors (Lipinski definition) is 3. The van der Waals surface area contributed by atoms with Gasteiger partial charge in [-0.15, -0.1) is 0 Å². The normalized spacial score (nSPS) is 13.0. The Hall–Kier alpha value is -4.05. The first-order valence-corrected chi connectivity index (χ1v) is 9.16. The van der Waals surface area contributed by atoms with Crippen molar-refractivity contribution in [1.82, 2.24) is 15.6 Å². The van der Waals surface area contributed by atoms with Crippen molar-refractivity contribution in [2.45, 2.75) is 0 Å². The van der Waals surface area contributed by atoms with Crippen LogP contribution in [0.5, 0.6) is 0 Å². The van der Waals surface area contributed by atoms with Crippen LogP contribution >= 0.6 is 0 Å². The van der Waals surface area contributed by atoms with Crippen molar-refractivity contribution >= 4 is 34.3 Å². The second-order valence-electron chi connectivity index (χ2n) is 6.49. The van der Waals surface area contributed by atoms with Gasteiger partial charge in [-0.2, -0.15) is 0 Å². The van der Waals surface area contributed by atoms with E-state index in [1.165, 1.54) is 0 Å². The average molecular weight is 386 g/mol. The van der Waals surface area contributed by atoms with Gasteiger partial charge in [0.05, 0.1) is 12.1 Å². The van der Waals surface area contributed by atoms with Gasteiger partial charge in [0.15, 0.2) is 0 Å². The van der Waals surface area contributed by atoms with Crippen molar-refractivity contribution in [1.29, 1.82) is 0 Å². The minimum Gasteiger partial charge on any atom is -0.360 e. The number of anilines is 1. The topological polar surface area (TPSA) is 94.3 Å². The minimum absolute atomic E-state index is 0.0587. The highest BCUT2D eigenvalue weighted by Crippen LogP contribution is 2.18. The molecule has 2 aromatic carbocycles. The quantitative estimate of drug-likeness (QED) is 0.364. The van der Waals surface area contributed by atoms with Gasteiger partial charge in [0.1, 0.15) is 0 Å². The monoisotopic (exact) mass is 386 g/mol. The number of amides is 3. The fourth-order valence-electron chi connectivity index (χ4n) is 3.18. The summed E-state index contributed by atoms with van der Waals surface area (Å²) in [4.78, 5) is 40.8. The zero-order valence-electron chi connectivity index (χ0n) is 15.5. The standard InChI is InChI=1S/C22H18N4O3/c27-20(18-14-25-19-6-2-1-5-17(18)19)21(28)23-11-3-4-15-7-9-16(10-8-15)26-13-12-24-22(26)29/h1-2,5-10,14,25H,11-13H2,(H,23,28)(H,24,29). The van der Waals surface area contributed by atoms with E-state index in [-0.39, 0.29) is 12.6 Å². The van der Waals surface area contributed by atoms with Crippen molar-refractivity contribution in [3.05, 3.63) is 65.9 Å². The fourth-order valence-corrected chi connectivity index (χ4v) is 3.18. The van der Waals surface area contributed by atoms with Gasteiger partial charge >= 0.3 is 6.03 Å². The largest absolute Gasteiger partial charge is 0.360 e. The molecule has 0 spiro atoms. The molecule has 7 heteroatoms. The molecule has 0 unspecified atom stereocenters. The number of nitrogens with zero attached hydrogens (tertiary/aromatic N) is 1. The maximum absolute atomic E-state index is 12.4. The maximum atomic E-state index is 12.4. The minimum atomic E-state index is -0.695. The van der Waals surface area contributed by atoms with Crippen LogP contribution in [0.15, 0.2) is 54.7 Å². The number of aromatic nitrogens is 1. The van der Waals surface area contributed by atoms with Gasteiger partial charge in [-0.05, 0) is 30.3 Å². The average Bonchev–Trinajstić information content (AvgIpc) is 3.37. The van der Waals surface area contributed by atoms with E-state index in [9.17, 15) is 14.4 Å². The molecular formula is C22H18N4O3. The highest BCUT2D eigenvalue weighted by molar-refractivity contribution is 6.45. The van der Waals surface area contributed by atoms with Crippen molar-refractivity contribution in [2.24, 2.45) is 0 Å². The summed E-state index contributed by atoms with van der Waals surface area (Å²) in [5, 5.41) is 6.00. The number of para-hydroxylation sites is 1. The molecule has 1 saturated heterocycles. The molecule has 0 aliphatic carbocycles. The lowest BCUT2D eigenvalue weighted by Gasteiger charge is -2.13. The SMILES string of the molecule is O=C(NCC#Cc1ccc(N2CCNC2=O)cc1)C(=O)c1c[nH]c2ccccc12. The van der Waals surface area contributed by atoms with Crippen LogP contribution in [0.2, 0.25) is 0 Å². The number of H-pyrrole nitrogens is 1. The van der Waals surface area contributed by atoms with Crippen molar-refractivity contribution < 1.29 is 14.4 Å². The van der Waals surface area contributed by atoms with Gasteiger partial charge in [0, 0.05) is 41.4 Å². The number of urea groups is 1. The third-order valence-corrected chi connectivity index (χ3v) is 4.65. The van der Waals surface area contributed by atoms with Crippen LogP contribution in [0.3, 0.4) is 0 Å². The van der Waals surface area contributed by atoms with Crippen LogP contribution in [0.4, 0.5) is 10.5 Å². The van der Waals surface area contributed by atoms with Crippen LogP contribution in [-0.4, -0.2) is 42.3 Å². The van der Waals surface area contributed by atoms with Crippen LogP contribution in [0.25, 0.3) is 10.9 Å². The van der Waals surface area contributed by atoms with Crippen molar-refractivity contribution in [3.8, 4) is 11.8 Å². The van der Waals surface area contributed by atoms with Crippen LogP contribution in [0, 0.1) is 11.8 Å². The number of fused-ring (bicyclic) bond motifs is 1. The lowest BCUT2D eigenvalue weighted by Crippen LogP contribution is -2.31. The van der Waals surface area contributed by atoms with Gasteiger partial charge in [0.2, 0.25) is 0 Å². The maximum Gasteiger partial charge on any atom is 0.321 e. The van der Waals surface area contributed by atoms with Crippen LogP contribution in [0.1, 0.15) is 15.9 Å². The molecule has 4 rings (SSSR count). The van der Waals surface area contributed by atoms with E-state index in [2.05, 4.69) is 27.5 Å². The highest BCUT2D eigenvalue weighted by atomic mass is 16.2. The lowest BCUT2D eigenvalue weighted by atomic mass is 10.1. The number of rotatable bonds is 4. The van der Waals surface area contributed by atoms with E-state index in [0.717, 1.165) is 16.8 Å². The summed E-state index contributed by atoms with van der Waals surface area (Å²) in [6.45, 7) is 1.33. The second kappa shape index (κ2) is 7.90. The van der Waals surface area contributed by atoms with E-state index < -0.39 is 11.7 Å². The molecule has 7 nitrogen and oxygen atoms in total. The predicted octanol–water partition coefficient (Wildman–Crippen LogP) is 2.05. The number of benzene rings is 2. The predicted molar refractivity (Wildman–Crippen MR) is 110 cm³/mol. The first-order chi connectivity index (χ1) is 14.1. The van der Waals surface area contributed by atoms with E-state index in [4.69, 9.17) is 0 Å². The Balaban J connectivity index is 1.34. The van der Waals surface area contributed by atoms with E-state index in [0.29, 0.717) is 24.0 Å². The van der Waals surface area contributed by atoms with Crippen LogP contribution < -0.4 is 15.5 Å². The number of Topliss-reactive ketones (excluding diaryl/α,β-unsaturated/α-hetero) is 1. The molecule has 0 radical (unpaired) electrons. The molecule has 1 fully saturated rings. The molecular weight excluding hydrogens is 368 g/mol. The molecule has 3 aromatic rings. The van der Waals surface area contributed by atoms with E-state index in [1.807, 2.05) is 42.5 Å². The summed E-state index contributed by atoms with van der Waals surface area (Å²) >= 11 is 0. The number of ketones is 1. The molecule has 29 heavy (non-hydrogen) atoms. The zero-order chi connectivity index (χ0) is 20.2. The van der Waals surface area contributed by atoms with Gasteiger partial charge in [-0.25, -0.2) is 4.79 Å². The molecule has 1 aromatic heterocycles. The van der Waals surface area contributed by atoms with Gasteiger partial charge in [-0.1, -0.05) is 30.0 Å². The van der Waals surface area contributed by atoms with E-state index >= 15 is 0 Å². The Morgan fingerprint density at radius 2 is 1.90 bits per heavy atom. The van der Waals surface area contributed by atoms with E-state index in [1.54, 1.807) is 17.2 Å². The Morgan fingerprint density at radius 1 is 1.10 bits per heavy atom. The molecule has 0 atom stereocenters. The third kappa shape index (κ3) is 3.82. The molecule has 0 saturated carbocycles. The number of carbonyl (C=O) groups excluding carboxylic acids is 3. The third-order valence-electron chi connectivity index (χ3n) is 4.65. The molecule has 0 bridgehead atoms. The summed E-state index contributed by atoms with van der Waals surface area (Å²) < 4.78 is 0. The van der Waals surface area contributed by atoms with Crippen LogP contribution in [-0.2, 0) is 4.79 Å². The Bertz CT molecular complexity index is 1150. The number of hydrogen-bond acceptors (Lipinski definition) is 3. The Morgan fingerprint density at radius 3 is 2.66 bits per heavy atom. The smallest absolute Gasteiger partial charge is 0.321 e. The summed E-state index contributed by atoms with van der Waals surface area (Å²) in [7, 11) is 0. The fraction of sp³-hybridized carbons (Fsp3) is 0.136. The molecule has 2 heterocycles. The molecule has 3 N–H and O–H groups in total. The summed E-state index contributed by atoms with van der Waals surface area (Å²) in [6, 6.07) is 14.5. The summed E-state index contributed by atoms with van der Waals surface area (Å²) in [6.07, 6.45) is 1.54. The molecule has 1 aliphatic heterocycles. The van der Waals surface area contributed by atoms with Gasteiger partial charge < -0.3 is 15.6 Å². The first kappa shape index (κ1) is 18.3. The number of carbonyl (C=O) groups is 3. The molecule has 144 valence electrons.